The van der Waals surface area contributed by atoms with E-state index >= 15 is 0 Å². The Balaban J connectivity index is 2.05. The molecule has 0 aliphatic rings. The molecule has 3 aromatic rings. The Labute approximate surface area is 166 Å². The van der Waals surface area contributed by atoms with Crippen LogP contribution in [0.1, 0.15) is 16.9 Å². The number of aliphatic carboxylic acids is 1. The molecule has 0 aliphatic carbocycles. The average Bonchev–Trinajstić information content (AvgIpc) is 2.71. The number of rotatable bonds is 7. The van der Waals surface area contributed by atoms with E-state index in [1.165, 1.54) is 27.4 Å². The maximum Gasteiger partial charge on any atom is 0.307 e. The number of fused-ring (bicyclic) bond motifs is 1. The predicted molar refractivity (Wildman–Crippen MR) is 109 cm³/mol. The Morgan fingerprint density at radius 3 is 2.31 bits per heavy atom. The maximum atomic E-state index is 12.4. The van der Waals surface area contributed by atoms with Crippen molar-refractivity contribution < 1.29 is 28.5 Å². The van der Waals surface area contributed by atoms with Gasteiger partial charge in [0.25, 0.3) is 0 Å². The molecule has 1 aromatic heterocycles. The van der Waals surface area contributed by atoms with Gasteiger partial charge in [-0.05, 0) is 29.8 Å². The zero-order chi connectivity index (χ0) is 21.0. The van der Waals surface area contributed by atoms with Crippen molar-refractivity contribution in [2.24, 2.45) is 0 Å². The number of hydrogen-bond acceptors (Lipinski definition) is 6. The molecule has 0 bridgehead atoms. The minimum Gasteiger partial charge on any atom is -0.493 e. The lowest BCUT2D eigenvalue weighted by molar-refractivity contribution is -0.136. The Hall–Kier alpha value is -3.74. The van der Waals surface area contributed by atoms with Gasteiger partial charge in [0.05, 0.1) is 33.1 Å². The van der Waals surface area contributed by atoms with Crippen molar-refractivity contribution >= 4 is 29.1 Å². The number of carbonyl (C=O) groups is 1. The first kappa shape index (κ1) is 20.0. The number of methoxy groups -OCH3 is 3. The second-order valence-electron chi connectivity index (χ2n) is 6.17. The number of ether oxygens (including phenoxy) is 3. The molecule has 29 heavy (non-hydrogen) atoms. The highest BCUT2D eigenvalue weighted by Crippen LogP contribution is 2.38. The molecule has 0 atom stereocenters. The lowest BCUT2D eigenvalue weighted by Crippen LogP contribution is -2.05. The lowest BCUT2D eigenvalue weighted by atomic mass is 10.1. The van der Waals surface area contributed by atoms with E-state index in [0.717, 1.165) is 5.56 Å². The number of carboxylic acid groups (broad SMARTS) is 1. The third-order valence-electron chi connectivity index (χ3n) is 4.32. The molecule has 0 radical (unpaired) electrons. The van der Waals surface area contributed by atoms with Crippen molar-refractivity contribution in [3.8, 4) is 17.2 Å². The van der Waals surface area contributed by atoms with Crippen molar-refractivity contribution in [2.75, 3.05) is 21.3 Å². The Kier molecular flexibility index (Phi) is 5.87. The molecule has 0 aliphatic heterocycles. The predicted octanol–water partition coefficient (Wildman–Crippen LogP) is 3.62. The normalized spacial score (nSPS) is 11.0. The van der Waals surface area contributed by atoms with E-state index in [9.17, 15) is 9.59 Å². The van der Waals surface area contributed by atoms with Crippen LogP contribution in [0.5, 0.6) is 17.2 Å². The quantitative estimate of drug-likeness (QED) is 0.652. The SMILES string of the molecule is COc1cc(C=Cc2cc(=O)c3cccc(CC(=O)O)c3o2)cc(OC)c1OC. The van der Waals surface area contributed by atoms with Crippen LogP contribution in [0.4, 0.5) is 0 Å². The van der Waals surface area contributed by atoms with Crippen LogP contribution in [0.25, 0.3) is 23.1 Å². The summed E-state index contributed by atoms with van der Waals surface area (Å²) in [7, 11) is 4.57. The summed E-state index contributed by atoms with van der Waals surface area (Å²) in [5.74, 6) is 0.765. The standard InChI is InChI=1S/C22H20O7/c1-26-18-9-13(10-19(27-2)22(18)28-3)7-8-15-12-17(23)16-6-4-5-14(11-20(24)25)21(16)29-15/h4-10,12H,11H2,1-3H3,(H,24,25). The van der Waals surface area contributed by atoms with Crippen LogP contribution in [0.15, 0.2) is 45.6 Å². The van der Waals surface area contributed by atoms with E-state index in [4.69, 9.17) is 23.7 Å². The van der Waals surface area contributed by atoms with Gasteiger partial charge in [0.2, 0.25) is 5.75 Å². The van der Waals surface area contributed by atoms with Crippen molar-refractivity contribution in [1.82, 2.24) is 0 Å². The number of hydrogen-bond donors (Lipinski definition) is 1. The minimum atomic E-state index is -1.00. The molecule has 0 saturated heterocycles. The molecule has 2 aromatic carbocycles. The maximum absolute atomic E-state index is 12.4. The molecule has 7 heteroatoms. The van der Waals surface area contributed by atoms with Crippen molar-refractivity contribution in [3.05, 3.63) is 63.5 Å². The van der Waals surface area contributed by atoms with Gasteiger partial charge in [-0.1, -0.05) is 18.2 Å². The van der Waals surface area contributed by atoms with Gasteiger partial charge in [-0.25, -0.2) is 0 Å². The molecule has 0 amide bonds. The zero-order valence-corrected chi connectivity index (χ0v) is 16.2. The van der Waals surface area contributed by atoms with Gasteiger partial charge < -0.3 is 23.7 Å². The summed E-state index contributed by atoms with van der Waals surface area (Å²) < 4.78 is 21.8. The van der Waals surface area contributed by atoms with Crippen LogP contribution >= 0.6 is 0 Å². The molecule has 1 heterocycles. The van der Waals surface area contributed by atoms with E-state index in [0.29, 0.717) is 34.0 Å². The highest BCUT2D eigenvalue weighted by atomic mass is 16.5. The van der Waals surface area contributed by atoms with Crippen LogP contribution in [0.3, 0.4) is 0 Å². The minimum absolute atomic E-state index is 0.236. The van der Waals surface area contributed by atoms with Crippen LogP contribution in [0, 0.1) is 0 Å². The van der Waals surface area contributed by atoms with E-state index in [1.54, 1.807) is 42.5 Å². The Bertz CT molecular complexity index is 1120. The lowest BCUT2D eigenvalue weighted by Gasteiger charge is -2.12. The molecule has 0 spiro atoms. The van der Waals surface area contributed by atoms with Gasteiger partial charge >= 0.3 is 5.97 Å². The summed E-state index contributed by atoms with van der Waals surface area (Å²) in [6.45, 7) is 0. The monoisotopic (exact) mass is 396 g/mol. The first-order valence-electron chi connectivity index (χ1n) is 8.72. The molecule has 0 fully saturated rings. The molecular formula is C22H20O7. The fourth-order valence-electron chi connectivity index (χ4n) is 3.01. The van der Waals surface area contributed by atoms with Crippen LogP contribution < -0.4 is 19.6 Å². The summed E-state index contributed by atoms with van der Waals surface area (Å²) in [5.41, 5.74) is 1.20. The highest BCUT2D eigenvalue weighted by Gasteiger charge is 2.13. The van der Waals surface area contributed by atoms with Crippen molar-refractivity contribution in [3.63, 3.8) is 0 Å². The topological polar surface area (TPSA) is 95.2 Å². The van der Waals surface area contributed by atoms with Crippen molar-refractivity contribution in [1.29, 1.82) is 0 Å². The fourth-order valence-corrected chi connectivity index (χ4v) is 3.01. The molecule has 0 saturated carbocycles. The summed E-state index contributed by atoms with van der Waals surface area (Å²) in [5, 5.41) is 9.43. The van der Waals surface area contributed by atoms with E-state index in [-0.39, 0.29) is 17.4 Å². The van der Waals surface area contributed by atoms with E-state index < -0.39 is 5.97 Å². The number of para-hydroxylation sites is 1. The van der Waals surface area contributed by atoms with Gasteiger partial charge in [-0.2, -0.15) is 0 Å². The summed E-state index contributed by atoms with van der Waals surface area (Å²) in [6, 6.07) is 9.76. The fraction of sp³-hybridized carbons (Fsp3) is 0.182. The van der Waals surface area contributed by atoms with Crippen LogP contribution in [-0.2, 0) is 11.2 Å². The second-order valence-corrected chi connectivity index (χ2v) is 6.17. The molecule has 7 nitrogen and oxygen atoms in total. The molecule has 0 unspecified atom stereocenters. The van der Waals surface area contributed by atoms with E-state index in [2.05, 4.69) is 0 Å². The number of benzene rings is 2. The van der Waals surface area contributed by atoms with Gasteiger partial charge in [0.1, 0.15) is 11.3 Å². The largest absolute Gasteiger partial charge is 0.493 e. The van der Waals surface area contributed by atoms with Gasteiger partial charge in [-0.15, -0.1) is 0 Å². The summed E-state index contributed by atoms with van der Waals surface area (Å²) in [6.07, 6.45) is 3.12. The Morgan fingerprint density at radius 1 is 1.03 bits per heavy atom. The van der Waals surface area contributed by atoms with Crippen molar-refractivity contribution in [2.45, 2.75) is 6.42 Å². The highest BCUT2D eigenvalue weighted by molar-refractivity contribution is 5.85. The molecule has 150 valence electrons. The van der Waals surface area contributed by atoms with Crippen LogP contribution in [-0.4, -0.2) is 32.4 Å². The van der Waals surface area contributed by atoms with Gasteiger partial charge in [0.15, 0.2) is 16.9 Å². The van der Waals surface area contributed by atoms with Crippen LogP contribution in [0.2, 0.25) is 0 Å². The second kappa shape index (κ2) is 8.52. The average molecular weight is 396 g/mol. The molecule has 3 rings (SSSR count). The van der Waals surface area contributed by atoms with E-state index in [1.807, 2.05) is 0 Å². The first-order chi connectivity index (χ1) is 14.0. The third kappa shape index (κ3) is 4.24. The number of carboxylic acids is 1. The zero-order valence-electron chi connectivity index (χ0n) is 16.2. The molecular weight excluding hydrogens is 376 g/mol. The Morgan fingerprint density at radius 2 is 1.72 bits per heavy atom. The van der Waals surface area contributed by atoms with Gasteiger partial charge in [-0.3, -0.25) is 9.59 Å². The smallest absolute Gasteiger partial charge is 0.307 e. The summed E-state index contributed by atoms with van der Waals surface area (Å²) in [4.78, 5) is 23.5. The third-order valence-corrected chi connectivity index (χ3v) is 4.32. The van der Waals surface area contributed by atoms with Gasteiger partial charge in [0, 0.05) is 11.6 Å². The summed E-state index contributed by atoms with van der Waals surface area (Å²) >= 11 is 0. The molecule has 1 N–H and O–H groups in total. The first-order valence-corrected chi connectivity index (χ1v) is 8.72.